The van der Waals surface area contributed by atoms with Crippen LogP contribution in [0.2, 0.25) is 0 Å². The molecule has 38 heavy (non-hydrogen) atoms. The minimum Gasteiger partial charge on any atom is -0.376 e. The van der Waals surface area contributed by atoms with Gasteiger partial charge < -0.3 is 9.72 Å². The van der Waals surface area contributed by atoms with E-state index in [9.17, 15) is 4.79 Å². The number of hydrogen-bond acceptors (Lipinski definition) is 7. The van der Waals surface area contributed by atoms with Crippen LogP contribution in [0.25, 0.3) is 10.9 Å². The van der Waals surface area contributed by atoms with E-state index in [0.717, 1.165) is 74.2 Å². The van der Waals surface area contributed by atoms with Crippen LogP contribution in [0.4, 0.5) is 0 Å². The summed E-state index contributed by atoms with van der Waals surface area (Å²) in [6, 6.07) is 16.5. The lowest BCUT2D eigenvalue weighted by molar-refractivity contribution is 0.0840. The Morgan fingerprint density at radius 1 is 1.08 bits per heavy atom. The number of fused-ring (bicyclic) bond motifs is 1. The second-order valence-corrected chi connectivity index (χ2v) is 10.7. The number of benzene rings is 2. The monoisotopic (exact) mass is 513 g/mol. The van der Waals surface area contributed by atoms with E-state index in [4.69, 9.17) is 4.74 Å². The summed E-state index contributed by atoms with van der Waals surface area (Å²) in [7, 11) is 0. The van der Waals surface area contributed by atoms with Crippen molar-refractivity contribution in [2.24, 2.45) is 0 Å². The zero-order chi connectivity index (χ0) is 26.1. The first-order valence-electron chi connectivity index (χ1n) is 13.6. The highest BCUT2D eigenvalue weighted by Crippen LogP contribution is 2.30. The van der Waals surface area contributed by atoms with E-state index < -0.39 is 0 Å². The summed E-state index contributed by atoms with van der Waals surface area (Å²) in [5, 5.41) is 13.9. The molecule has 2 aromatic carbocycles. The Morgan fingerprint density at radius 2 is 1.89 bits per heavy atom. The van der Waals surface area contributed by atoms with E-state index in [-0.39, 0.29) is 17.7 Å². The number of nitrogens with zero attached hydrogens (tertiary/aromatic N) is 6. The Morgan fingerprint density at radius 3 is 2.66 bits per heavy atom. The topological polar surface area (TPSA) is 92.2 Å². The molecule has 0 unspecified atom stereocenters. The molecular weight excluding hydrogens is 478 g/mol. The molecule has 0 bridgehead atoms. The first-order chi connectivity index (χ1) is 18.5. The summed E-state index contributed by atoms with van der Waals surface area (Å²) in [6.45, 7) is 9.87. The van der Waals surface area contributed by atoms with Gasteiger partial charge in [0.05, 0.1) is 12.6 Å². The summed E-state index contributed by atoms with van der Waals surface area (Å²) >= 11 is 0. The maximum atomic E-state index is 13.6. The fourth-order valence-electron chi connectivity index (χ4n) is 5.93. The molecule has 0 spiro atoms. The fraction of sp³-hybridized carbons (Fsp3) is 0.448. The van der Waals surface area contributed by atoms with Gasteiger partial charge in [0.1, 0.15) is 6.04 Å². The highest BCUT2D eigenvalue weighted by Gasteiger charge is 2.33. The Labute approximate surface area is 222 Å². The van der Waals surface area contributed by atoms with Crippen molar-refractivity contribution in [3.63, 3.8) is 0 Å². The second-order valence-electron chi connectivity index (χ2n) is 10.7. The Kier molecular flexibility index (Phi) is 7.06. The predicted molar refractivity (Wildman–Crippen MR) is 146 cm³/mol. The van der Waals surface area contributed by atoms with Gasteiger partial charge >= 0.3 is 0 Å². The van der Waals surface area contributed by atoms with E-state index in [0.29, 0.717) is 17.9 Å². The molecule has 2 aliphatic heterocycles. The normalized spacial score (nSPS) is 19.8. The van der Waals surface area contributed by atoms with Gasteiger partial charge in [-0.15, -0.1) is 5.10 Å². The SMILES string of the molecule is Cc1cc(C)c2cc([C@@H](c3nnnn3C[C@H]3CCCO3)N3CCN(Cc4ccccc4)CC3)c(=O)[nH]c2c1. The number of aromatic nitrogens is 5. The predicted octanol–water partition coefficient (Wildman–Crippen LogP) is 3.22. The van der Waals surface area contributed by atoms with Gasteiger partial charge in [-0.1, -0.05) is 36.4 Å². The molecule has 9 nitrogen and oxygen atoms in total. The van der Waals surface area contributed by atoms with Crippen LogP contribution >= 0.6 is 0 Å². The van der Waals surface area contributed by atoms with Gasteiger partial charge in [0.25, 0.3) is 5.56 Å². The van der Waals surface area contributed by atoms with Gasteiger partial charge in [0.2, 0.25) is 0 Å². The van der Waals surface area contributed by atoms with Crippen molar-refractivity contribution in [2.45, 2.75) is 51.9 Å². The van der Waals surface area contributed by atoms with Gasteiger partial charge in [-0.25, -0.2) is 4.68 Å². The Balaban J connectivity index is 1.34. The average molecular weight is 514 g/mol. The fourth-order valence-corrected chi connectivity index (χ4v) is 5.93. The number of aromatic amines is 1. The number of tetrazole rings is 1. The summed E-state index contributed by atoms with van der Waals surface area (Å²) in [5.41, 5.74) is 5.04. The molecule has 198 valence electrons. The number of ether oxygens (including phenoxy) is 1. The number of hydrogen-bond donors (Lipinski definition) is 1. The molecule has 4 heterocycles. The van der Waals surface area contributed by atoms with E-state index in [2.05, 4.69) is 86.6 Å². The summed E-state index contributed by atoms with van der Waals surface area (Å²) in [6.07, 6.45) is 2.15. The number of pyridine rings is 1. The maximum absolute atomic E-state index is 13.6. The van der Waals surface area contributed by atoms with Gasteiger partial charge in [-0.2, -0.15) is 0 Å². The quantitative estimate of drug-likeness (QED) is 0.406. The van der Waals surface area contributed by atoms with Crippen LogP contribution in [0.3, 0.4) is 0 Å². The third-order valence-corrected chi connectivity index (χ3v) is 7.86. The zero-order valence-electron chi connectivity index (χ0n) is 22.1. The van der Waals surface area contributed by atoms with Crippen LogP contribution in [0.5, 0.6) is 0 Å². The van der Waals surface area contributed by atoms with Crippen molar-refractivity contribution in [1.29, 1.82) is 0 Å². The number of H-pyrrole nitrogens is 1. The van der Waals surface area contributed by atoms with Crippen molar-refractivity contribution in [3.05, 3.63) is 87.0 Å². The second kappa shape index (κ2) is 10.8. The van der Waals surface area contributed by atoms with Crippen LogP contribution in [-0.2, 0) is 17.8 Å². The molecule has 9 heteroatoms. The molecule has 2 aliphatic rings. The van der Waals surface area contributed by atoms with E-state index in [1.807, 2.05) is 10.7 Å². The minimum absolute atomic E-state index is 0.0918. The van der Waals surface area contributed by atoms with Crippen molar-refractivity contribution in [1.82, 2.24) is 35.0 Å². The minimum atomic E-state index is -0.348. The molecule has 2 atom stereocenters. The zero-order valence-corrected chi connectivity index (χ0v) is 22.1. The average Bonchev–Trinajstić information content (AvgIpc) is 3.59. The van der Waals surface area contributed by atoms with Crippen LogP contribution in [0.15, 0.2) is 53.3 Å². The lowest BCUT2D eigenvalue weighted by atomic mass is 9.99. The summed E-state index contributed by atoms with van der Waals surface area (Å²) < 4.78 is 7.74. The lowest BCUT2D eigenvalue weighted by Gasteiger charge is -2.38. The number of rotatable bonds is 7. The van der Waals surface area contributed by atoms with Gasteiger partial charge in [0.15, 0.2) is 5.82 Å². The molecule has 0 aliphatic carbocycles. The smallest absolute Gasteiger partial charge is 0.253 e. The van der Waals surface area contributed by atoms with Crippen LogP contribution in [0, 0.1) is 13.8 Å². The maximum Gasteiger partial charge on any atom is 0.253 e. The standard InChI is InChI=1S/C29H35N7O2/c1-20-15-21(2)24-17-25(29(37)30-26(24)16-20)27(28-31-32-33-36(28)19-23-9-6-14-38-23)35-12-10-34(11-13-35)18-22-7-4-3-5-8-22/h3-5,7-8,15-17,23,27H,6,9-14,18-19H2,1-2H3,(H,30,37)/t23-,27+/m1/s1. The molecule has 2 saturated heterocycles. The van der Waals surface area contributed by atoms with Crippen LogP contribution in [-0.4, -0.2) is 73.9 Å². The molecule has 2 fully saturated rings. The molecule has 6 rings (SSSR count). The lowest BCUT2D eigenvalue weighted by Crippen LogP contribution is -2.48. The third kappa shape index (κ3) is 5.14. The van der Waals surface area contributed by atoms with Gasteiger partial charge in [0, 0.05) is 55.8 Å². The highest BCUT2D eigenvalue weighted by atomic mass is 16.5. The first-order valence-corrected chi connectivity index (χ1v) is 13.6. The summed E-state index contributed by atoms with van der Waals surface area (Å²) in [4.78, 5) is 21.6. The molecular formula is C29H35N7O2. The van der Waals surface area contributed by atoms with E-state index >= 15 is 0 Å². The van der Waals surface area contributed by atoms with E-state index in [1.54, 1.807) is 0 Å². The summed E-state index contributed by atoms with van der Waals surface area (Å²) in [5.74, 6) is 0.701. The number of piperazine rings is 1. The van der Waals surface area contributed by atoms with Crippen molar-refractivity contribution in [3.8, 4) is 0 Å². The number of nitrogens with one attached hydrogen (secondary N) is 1. The van der Waals surface area contributed by atoms with Crippen LogP contribution in [0.1, 0.15) is 47.0 Å². The van der Waals surface area contributed by atoms with Crippen molar-refractivity contribution < 1.29 is 4.74 Å². The Bertz CT molecular complexity index is 1450. The van der Waals surface area contributed by atoms with Crippen molar-refractivity contribution >= 4 is 10.9 Å². The molecule has 1 N–H and O–H groups in total. The largest absolute Gasteiger partial charge is 0.376 e. The molecule has 2 aromatic heterocycles. The third-order valence-electron chi connectivity index (χ3n) is 7.86. The molecule has 4 aromatic rings. The van der Waals surface area contributed by atoms with Crippen molar-refractivity contribution in [2.75, 3.05) is 32.8 Å². The molecule has 0 radical (unpaired) electrons. The molecule has 0 saturated carbocycles. The first kappa shape index (κ1) is 24.9. The van der Waals surface area contributed by atoms with Crippen LogP contribution < -0.4 is 5.56 Å². The molecule has 0 amide bonds. The number of aryl methyl sites for hydroxylation is 2. The van der Waals surface area contributed by atoms with Gasteiger partial charge in [-0.05, 0) is 65.9 Å². The van der Waals surface area contributed by atoms with E-state index in [1.165, 1.54) is 5.56 Å². The van der Waals surface area contributed by atoms with Gasteiger partial charge in [-0.3, -0.25) is 14.6 Å². The Hall–Kier alpha value is -3.40. The highest BCUT2D eigenvalue weighted by molar-refractivity contribution is 5.83.